The molecule has 0 saturated heterocycles. The molecule has 0 saturated carbocycles. The number of hydrogen-bond acceptors (Lipinski definition) is 2. The van der Waals surface area contributed by atoms with Crippen molar-refractivity contribution in [2.45, 2.75) is 45.8 Å². The van der Waals surface area contributed by atoms with Crippen LogP contribution in [0.2, 0.25) is 0 Å². The minimum atomic E-state index is 0.0502. The molecule has 0 bridgehead atoms. The summed E-state index contributed by atoms with van der Waals surface area (Å²) in [6, 6.07) is 5.90. The Balaban J connectivity index is 2.68. The van der Waals surface area contributed by atoms with Crippen LogP contribution in [-0.4, -0.2) is 10.2 Å². The van der Waals surface area contributed by atoms with Gasteiger partial charge in [-0.1, -0.05) is 38.0 Å². The van der Waals surface area contributed by atoms with Crippen molar-refractivity contribution in [1.29, 1.82) is 0 Å². The summed E-state index contributed by atoms with van der Waals surface area (Å²) in [6.45, 7) is 2.28. The fraction of sp³-hybridized carbons (Fsp3) is 0.538. The van der Waals surface area contributed by atoms with E-state index >= 15 is 0 Å². The van der Waals surface area contributed by atoms with Crippen LogP contribution in [0.4, 0.5) is 0 Å². The van der Waals surface area contributed by atoms with Crippen molar-refractivity contribution in [3.05, 3.63) is 34.9 Å². The van der Waals surface area contributed by atoms with Crippen molar-refractivity contribution in [3.63, 3.8) is 0 Å². The topological polar surface area (TPSA) is 40.5 Å². The van der Waals surface area contributed by atoms with E-state index in [1.54, 1.807) is 0 Å². The maximum atomic E-state index is 9.07. The van der Waals surface area contributed by atoms with Gasteiger partial charge in [0.25, 0.3) is 0 Å². The first-order chi connectivity index (χ1) is 7.30. The minimum Gasteiger partial charge on any atom is -0.392 e. The van der Waals surface area contributed by atoms with Crippen LogP contribution >= 0.6 is 0 Å². The van der Waals surface area contributed by atoms with Gasteiger partial charge in [-0.3, -0.25) is 0 Å². The molecule has 0 aliphatic carbocycles. The highest BCUT2D eigenvalue weighted by Crippen LogP contribution is 2.13. The SMILES string of the molecule is CCCCCc1cc(CO)cc(CO)c1. The van der Waals surface area contributed by atoms with E-state index in [1.165, 1.54) is 24.8 Å². The van der Waals surface area contributed by atoms with E-state index in [4.69, 9.17) is 10.2 Å². The van der Waals surface area contributed by atoms with Crippen molar-refractivity contribution in [2.75, 3.05) is 0 Å². The zero-order chi connectivity index (χ0) is 11.1. The van der Waals surface area contributed by atoms with Crippen LogP contribution in [0, 0.1) is 0 Å². The maximum absolute atomic E-state index is 9.07. The van der Waals surface area contributed by atoms with Crippen LogP contribution < -0.4 is 0 Å². The zero-order valence-corrected chi connectivity index (χ0v) is 9.37. The molecule has 0 aromatic heterocycles. The first-order valence-electron chi connectivity index (χ1n) is 5.63. The molecule has 0 aliphatic rings. The molecule has 0 spiro atoms. The summed E-state index contributed by atoms with van der Waals surface area (Å²) in [5, 5.41) is 18.1. The van der Waals surface area contributed by atoms with Gasteiger partial charge in [0.1, 0.15) is 0 Å². The molecule has 2 nitrogen and oxygen atoms in total. The van der Waals surface area contributed by atoms with Crippen molar-refractivity contribution in [2.24, 2.45) is 0 Å². The Morgan fingerprint density at radius 1 is 0.867 bits per heavy atom. The molecule has 0 atom stereocenters. The molecule has 0 radical (unpaired) electrons. The van der Waals surface area contributed by atoms with Crippen LogP contribution in [0.5, 0.6) is 0 Å². The average Bonchev–Trinajstić information content (AvgIpc) is 2.29. The predicted molar refractivity (Wildman–Crippen MR) is 61.5 cm³/mol. The highest BCUT2D eigenvalue weighted by Gasteiger charge is 2.00. The summed E-state index contributed by atoms with van der Waals surface area (Å²) in [4.78, 5) is 0. The Hall–Kier alpha value is -0.860. The van der Waals surface area contributed by atoms with E-state index in [2.05, 4.69) is 6.92 Å². The Morgan fingerprint density at radius 3 is 1.87 bits per heavy atom. The molecule has 0 unspecified atom stereocenters. The number of aliphatic hydroxyl groups is 2. The number of hydrogen-bond donors (Lipinski definition) is 2. The van der Waals surface area contributed by atoms with E-state index in [1.807, 2.05) is 18.2 Å². The second-order valence-corrected chi connectivity index (χ2v) is 3.93. The number of unbranched alkanes of at least 4 members (excludes halogenated alkanes) is 2. The van der Waals surface area contributed by atoms with Gasteiger partial charge in [-0.05, 0) is 29.5 Å². The molecule has 15 heavy (non-hydrogen) atoms. The number of benzene rings is 1. The Morgan fingerprint density at radius 2 is 1.40 bits per heavy atom. The molecule has 84 valence electrons. The predicted octanol–water partition coefficient (Wildman–Crippen LogP) is 2.40. The van der Waals surface area contributed by atoms with Crippen molar-refractivity contribution in [1.82, 2.24) is 0 Å². The van der Waals surface area contributed by atoms with Gasteiger partial charge in [-0.15, -0.1) is 0 Å². The largest absolute Gasteiger partial charge is 0.392 e. The van der Waals surface area contributed by atoms with Gasteiger partial charge < -0.3 is 10.2 Å². The van der Waals surface area contributed by atoms with Gasteiger partial charge in [0, 0.05) is 0 Å². The van der Waals surface area contributed by atoms with E-state index in [0.29, 0.717) is 0 Å². The fourth-order valence-corrected chi connectivity index (χ4v) is 1.75. The van der Waals surface area contributed by atoms with Crippen LogP contribution in [0.25, 0.3) is 0 Å². The third-order valence-corrected chi connectivity index (χ3v) is 2.55. The van der Waals surface area contributed by atoms with Crippen molar-refractivity contribution >= 4 is 0 Å². The van der Waals surface area contributed by atoms with Gasteiger partial charge in [-0.2, -0.15) is 0 Å². The second-order valence-electron chi connectivity index (χ2n) is 3.93. The summed E-state index contributed by atoms with van der Waals surface area (Å²) in [5.41, 5.74) is 3.01. The van der Waals surface area contributed by atoms with E-state index in [9.17, 15) is 0 Å². The molecule has 0 aliphatic heterocycles. The summed E-state index contributed by atoms with van der Waals surface area (Å²) in [5.74, 6) is 0. The summed E-state index contributed by atoms with van der Waals surface area (Å²) >= 11 is 0. The maximum Gasteiger partial charge on any atom is 0.0682 e. The quantitative estimate of drug-likeness (QED) is 0.705. The highest BCUT2D eigenvalue weighted by atomic mass is 16.3. The molecule has 0 heterocycles. The Bertz CT molecular complexity index is 272. The lowest BCUT2D eigenvalue weighted by molar-refractivity contribution is 0.275. The molecular formula is C13H20O2. The van der Waals surface area contributed by atoms with Gasteiger partial charge in [0.05, 0.1) is 13.2 Å². The van der Waals surface area contributed by atoms with Crippen LogP contribution in [0.15, 0.2) is 18.2 Å². The second kappa shape index (κ2) is 6.59. The van der Waals surface area contributed by atoms with Gasteiger partial charge in [0.15, 0.2) is 0 Å². The molecule has 2 N–H and O–H groups in total. The molecule has 1 aromatic rings. The monoisotopic (exact) mass is 208 g/mol. The van der Waals surface area contributed by atoms with Crippen LogP contribution in [0.1, 0.15) is 42.9 Å². The first kappa shape index (κ1) is 12.2. The van der Waals surface area contributed by atoms with Gasteiger partial charge >= 0.3 is 0 Å². The third kappa shape index (κ3) is 4.02. The lowest BCUT2D eigenvalue weighted by Crippen LogP contribution is -1.94. The molecular weight excluding hydrogens is 188 g/mol. The van der Waals surface area contributed by atoms with Gasteiger partial charge in [0.2, 0.25) is 0 Å². The third-order valence-electron chi connectivity index (χ3n) is 2.55. The molecule has 0 fully saturated rings. The van der Waals surface area contributed by atoms with E-state index in [0.717, 1.165) is 17.5 Å². The minimum absolute atomic E-state index is 0.0502. The molecule has 1 aromatic carbocycles. The Labute approximate surface area is 91.6 Å². The summed E-state index contributed by atoms with van der Waals surface area (Å²) in [6.07, 6.45) is 4.66. The summed E-state index contributed by atoms with van der Waals surface area (Å²) in [7, 11) is 0. The lowest BCUT2D eigenvalue weighted by atomic mass is 10.0. The lowest BCUT2D eigenvalue weighted by Gasteiger charge is -2.06. The highest BCUT2D eigenvalue weighted by molar-refractivity contribution is 5.29. The standard InChI is InChI=1S/C13H20O2/c1-2-3-4-5-11-6-12(9-14)8-13(7-11)10-15/h6-8,14-15H,2-5,9-10H2,1H3. The number of aliphatic hydroxyl groups excluding tert-OH is 2. The van der Waals surface area contributed by atoms with Crippen molar-refractivity contribution in [3.8, 4) is 0 Å². The van der Waals surface area contributed by atoms with E-state index in [-0.39, 0.29) is 13.2 Å². The molecule has 2 heteroatoms. The van der Waals surface area contributed by atoms with Crippen molar-refractivity contribution < 1.29 is 10.2 Å². The summed E-state index contributed by atoms with van der Waals surface area (Å²) < 4.78 is 0. The normalized spacial score (nSPS) is 10.6. The molecule has 0 amide bonds. The zero-order valence-electron chi connectivity index (χ0n) is 9.37. The average molecular weight is 208 g/mol. The first-order valence-corrected chi connectivity index (χ1v) is 5.63. The van der Waals surface area contributed by atoms with Crippen LogP contribution in [-0.2, 0) is 19.6 Å². The number of aryl methyl sites for hydroxylation is 1. The van der Waals surface area contributed by atoms with E-state index < -0.39 is 0 Å². The Kier molecular flexibility index (Phi) is 5.37. The fourth-order valence-electron chi connectivity index (χ4n) is 1.75. The number of rotatable bonds is 6. The molecule has 1 rings (SSSR count). The van der Waals surface area contributed by atoms with Crippen LogP contribution in [0.3, 0.4) is 0 Å². The van der Waals surface area contributed by atoms with Gasteiger partial charge in [-0.25, -0.2) is 0 Å². The smallest absolute Gasteiger partial charge is 0.0682 e.